The van der Waals surface area contributed by atoms with E-state index in [2.05, 4.69) is 34.6 Å². The summed E-state index contributed by atoms with van der Waals surface area (Å²) in [5.41, 5.74) is 7.64. The van der Waals surface area contributed by atoms with Crippen molar-refractivity contribution >= 4 is 0 Å². The van der Waals surface area contributed by atoms with Gasteiger partial charge in [-0.15, -0.1) is 0 Å². The Morgan fingerprint density at radius 3 is 2.24 bits per heavy atom. The van der Waals surface area contributed by atoms with Gasteiger partial charge in [-0.2, -0.15) is 0 Å². The second kappa shape index (κ2) is 9.01. The lowest BCUT2D eigenvalue weighted by molar-refractivity contribution is -0.116. The van der Waals surface area contributed by atoms with E-state index in [0.717, 1.165) is 41.4 Å². The molecule has 0 bridgehead atoms. The van der Waals surface area contributed by atoms with Crippen LogP contribution in [0.4, 0.5) is 0 Å². The first-order valence-electron chi connectivity index (χ1n) is 13.0. The van der Waals surface area contributed by atoms with Crippen LogP contribution in [0.25, 0.3) is 0 Å². The second-order valence-corrected chi connectivity index (χ2v) is 12.7. The van der Waals surface area contributed by atoms with E-state index in [0.29, 0.717) is 16.9 Å². The molecular weight excluding hydrogens is 374 g/mol. The Kier molecular flexibility index (Phi) is 7.43. The van der Waals surface area contributed by atoms with Crippen molar-refractivity contribution in [1.29, 1.82) is 0 Å². The second-order valence-electron chi connectivity index (χ2n) is 12.7. The SMILES string of the molecule is CC(C)CCC[C@@H](C)[C@H]1CC[C@H]2[C@@H]3CC[C@H]4C[C@H](N)CC[C@]4(C)[C@H]3CC[C@]12C.[Cl-]. The number of fused-ring (bicyclic) bond motifs is 5. The molecule has 2 N–H and O–H groups in total. The number of nitrogens with two attached hydrogens (primary N) is 1. The van der Waals surface area contributed by atoms with Gasteiger partial charge >= 0.3 is 0 Å². The van der Waals surface area contributed by atoms with Crippen LogP contribution in [0, 0.1) is 52.3 Å². The topological polar surface area (TPSA) is 26.0 Å². The summed E-state index contributed by atoms with van der Waals surface area (Å²) in [6.07, 6.45) is 17.5. The lowest BCUT2D eigenvalue weighted by Gasteiger charge is -2.61. The molecule has 0 heterocycles. The van der Waals surface area contributed by atoms with E-state index in [9.17, 15) is 0 Å². The molecule has 1 nitrogen and oxygen atoms in total. The fourth-order valence-corrected chi connectivity index (χ4v) is 9.32. The van der Waals surface area contributed by atoms with Crippen LogP contribution >= 0.6 is 0 Å². The maximum Gasteiger partial charge on any atom is 0.00418 e. The molecular formula is C27H49ClN-. The van der Waals surface area contributed by atoms with Crippen molar-refractivity contribution in [2.75, 3.05) is 0 Å². The lowest BCUT2D eigenvalue weighted by Crippen LogP contribution is -3.00. The molecule has 9 atom stereocenters. The zero-order valence-electron chi connectivity index (χ0n) is 20.1. The molecule has 0 amide bonds. The van der Waals surface area contributed by atoms with Crippen molar-refractivity contribution in [2.24, 2.45) is 58.0 Å². The monoisotopic (exact) mass is 422 g/mol. The van der Waals surface area contributed by atoms with Gasteiger partial charge in [-0.1, -0.05) is 53.9 Å². The Hall–Kier alpha value is 0.250. The lowest BCUT2D eigenvalue weighted by atomic mass is 9.44. The van der Waals surface area contributed by atoms with Gasteiger partial charge in [-0.3, -0.25) is 0 Å². The summed E-state index contributed by atoms with van der Waals surface area (Å²) in [5.74, 6) is 6.79. The molecule has 4 fully saturated rings. The smallest absolute Gasteiger partial charge is 0.00418 e. The quantitative estimate of drug-likeness (QED) is 0.696. The van der Waals surface area contributed by atoms with Gasteiger partial charge in [-0.05, 0) is 110 Å². The molecule has 0 aromatic carbocycles. The third-order valence-electron chi connectivity index (χ3n) is 10.9. The summed E-state index contributed by atoms with van der Waals surface area (Å²) in [7, 11) is 0. The van der Waals surface area contributed by atoms with Crippen LogP contribution in [-0.4, -0.2) is 6.04 Å². The van der Waals surface area contributed by atoms with Gasteiger partial charge in [0.1, 0.15) is 0 Å². The Labute approximate surface area is 188 Å². The van der Waals surface area contributed by atoms with Crippen molar-refractivity contribution in [1.82, 2.24) is 0 Å². The normalized spacial score (nSPS) is 47.7. The number of hydrogen-bond donors (Lipinski definition) is 1. The Balaban J connectivity index is 0.00000240. The third kappa shape index (κ3) is 4.18. The first-order valence-corrected chi connectivity index (χ1v) is 13.0. The molecule has 29 heavy (non-hydrogen) atoms. The molecule has 0 aromatic heterocycles. The highest BCUT2D eigenvalue weighted by Gasteiger charge is 2.60. The van der Waals surface area contributed by atoms with E-state index in [1.165, 1.54) is 77.0 Å². The zero-order valence-corrected chi connectivity index (χ0v) is 20.8. The molecule has 4 saturated carbocycles. The Morgan fingerprint density at radius 2 is 1.52 bits per heavy atom. The van der Waals surface area contributed by atoms with E-state index < -0.39 is 0 Å². The molecule has 4 aliphatic carbocycles. The average Bonchev–Trinajstić information content (AvgIpc) is 2.99. The standard InChI is InChI=1S/C27H49N.ClH/c1-18(2)7-6-8-19(3)23-11-12-24-22-10-9-20-17-21(28)13-15-26(20,4)25(22)14-16-27(23,24)5;/h18-25H,6-17,28H2,1-5H3;1H/p-1/t19-,20+,21-,22+,23-,24+,25+,26+,27-;/m1./s1. The summed E-state index contributed by atoms with van der Waals surface area (Å²) in [5, 5.41) is 0. The highest BCUT2D eigenvalue weighted by atomic mass is 35.5. The van der Waals surface area contributed by atoms with Gasteiger partial charge in [0.2, 0.25) is 0 Å². The maximum atomic E-state index is 6.39. The number of halogens is 1. The molecule has 0 spiro atoms. The molecule has 4 aliphatic rings. The molecule has 170 valence electrons. The van der Waals surface area contributed by atoms with Crippen LogP contribution < -0.4 is 18.1 Å². The predicted octanol–water partition coefficient (Wildman–Crippen LogP) is 4.44. The van der Waals surface area contributed by atoms with Gasteiger partial charge in [0.05, 0.1) is 0 Å². The minimum absolute atomic E-state index is 0. The van der Waals surface area contributed by atoms with Crippen molar-refractivity contribution in [3.05, 3.63) is 0 Å². The van der Waals surface area contributed by atoms with Gasteiger partial charge in [0.15, 0.2) is 0 Å². The minimum Gasteiger partial charge on any atom is -1.00 e. The summed E-state index contributed by atoms with van der Waals surface area (Å²) >= 11 is 0. The molecule has 0 radical (unpaired) electrons. The minimum atomic E-state index is 0. The van der Waals surface area contributed by atoms with Crippen LogP contribution in [0.15, 0.2) is 0 Å². The molecule has 0 saturated heterocycles. The van der Waals surface area contributed by atoms with Crippen LogP contribution in [-0.2, 0) is 0 Å². The van der Waals surface area contributed by atoms with Gasteiger partial charge in [0, 0.05) is 6.04 Å². The molecule has 0 aromatic rings. The maximum absolute atomic E-state index is 6.39. The van der Waals surface area contributed by atoms with E-state index in [4.69, 9.17) is 5.73 Å². The first-order chi connectivity index (χ1) is 13.3. The van der Waals surface area contributed by atoms with Gasteiger partial charge in [0.25, 0.3) is 0 Å². The molecule has 4 rings (SSSR count). The van der Waals surface area contributed by atoms with E-state index in [1.54, 1.807) is 0 Å². The van der Waals surface area contributed by atoms with Gasteiger partial charge < -0.3 is 18.1 Å². The number of hydrogen-bond acceptors (Lipinski definition) is 1. The van der Waals surface area contributed by atoms with Crippen molar-refractivity contribution < 1.29 is 12.4 Å². The Morgan fingerprint density at radius 1 is 0.828 bits per heavy atom. The highest BCUT2D eigenvalue weighted by molar-refractivity contribution is 5.09. The first kappa shape index (κ1) is 23.9. The summed E-state index contributed by atoms with van der Waals surface area (Å²) in [6, 6.07) is 0.492. The molecule has 2 heteroatoms. The summed E-state index contributed by atoms with van der Waals surface area (Å²) < 4.78 is 0. The van der Waals surface area contributed by atoms with Crippen LogP contribution in [0.1, 0.15) is 112 Å². The van der Waals surface area contributed by atoms with E-state index in [-0.39, 0.29) is 12.4 Å². The average molecular weight is 423 g/mol. The highest BCUT2D eigenvalue weighted by Crippen LogP contribution is 2.68. The molecule has 0 unspecified atom stereocenters. The van der Waals surface area contributed by atoms with Crippen molar-refractivity contribution in [3.63, 3.8) is 0 Å². The largest absolute Gasteiger partial charge is 1.00 e. The van der Waals surface area contributed by atoms with Crippen LogP contribution in [0.2, 0.25) is 0 Å². The van der Waals surface area contributed by atoms with Crippen LogP contribution in [0.3, 0.4) is 0 Å². The van der Waals surface area contributed by atoms with E-state index >= 15 is 0 Å². The van der Waals surface area contributed by atoms with Crippen molar-refractivity contribution in [2.45, 2.75) is 118 Å². The fraction of sp³-hybridized carbons (Fsp3) is 1.00. The summed E-state index contributed by atoms with van der Waals surface area (Å²) in [6.45, 7) is 12.8. The van der Waals surface area contributed by atoms with Crippen molar-refractivity contribution in [3.8, 4) is 0 Å². The van der Waals surface area contributed by atoms with Gasteiger partial charge in [-0.25, -0.2) is 0 Å². The summed E-state index contributed by atoms with van der Waals surface area (Å²) in [4.78, 5) is 0. The van der Waals surface area contributed by atoms with E-state index in [1.807, 2.05) is 0 Å². The van der Waals surface area contributed by atoms with Crippen LogP contribution in [0.5, 0.6) is 0 Å². The number of rotatable bonds is 5. The molecule has 0 aliphatic heterocycles. The third-order valence-corrected chi connectivity index (χ3v) is 10.9. The Bertz CT molecular complexity index is 547. The zero-order chi connectivity index (χ0) is 20.1. The fourth-order valence-electron chi connectivity index (χ4n) is 9.32. The predicted molar refractivity (Wildman–Crippen MR) is 121 cm³/mol.